The number of rotatable bonds is 7. The Labute approximate surface area is 114 Å². The number of amides is 3. The number of hydrogen-bond acceptors (Lipinski definition) is 3. The van der Waals surface area contributed by atoms with Crippen LogP contribution >= 0.6 is 0 Å². The second-order valence-electron chi connectivity index (χ2n) is 5.63. The van der Waals surface area contributed by atoms with Gasteiger partial charge >= 0.3 is 0 Å². The van der Waals surface area contributed by atoms with E-state index < -0.39 is 0 Å². The molecule has 0 spiro atoms. The lowest BCUT2D eigenvalue weighted by molar-refractivity contribution is -0.138. The van der Waals surface area contributed by atoms with Crippen LogP contribution in [0.5, 0.6) is 0 Å². The molecule has 1 heterocycles. The Morgan fingerprint density at radius 3 is 2.26 bits per heavy atom. The summed E-state index contributed by atoms with van der Waals surface area (Å²) in [6, 6.07) is 0.139. The van der Waals surface area contributed by atoms with E-state index in [1.54, 1.807) is 0 Å². The summed E-state index contributed by atoms with van der Waals surface area (Å²) in [5, 5.41) is 2.90. The molecule has 0 aromatic heterocycles. The van der Waals surface area contributed by atoms with Crippen LogP contribution in [0.1, 0.15) is 52.9 Å². The van der Waals surface area contributed by atoms with Gasteiger partial charge in [0, 0.05) is 31.8 Å². The SMILES string of the molecule is CC(C)CCC(C)NC(=O)CCN1C(=O)CCC1=O. The minimum Gasteiger partial charge on any atom is -0.354 e. The van der Waals surface area contributed by atoms with Crippen LogP contribution in [-0.2, 0) is 14.4 Å². The second kappa shape index (κ2) is 7.26. The fourth-order valence-electron chi connectivity index (χ4n) is 2.09. The molecule has 1 N–H and O–H groups in total. The topological polar surface area (TPSA) is 66.5 Å². The van der Waals surface area contributed by atoms with E-state index in [1.165, 1.54) is 4.90 Å². The van der Waals surface area contributed by atoms with Gasteiger partial charge in [-0.2, -0.15) is 0 Å². The van der Waals surface area contributed by atoms with Gasteiger partial charge in [-0.15, -0.1) is 0 Å². The zero-order chi connectivity index (χ0) is 14.4. The smallest absolute Gasteiger partial charge is 0.229 e. The highest BCUT2D eigenvalue weighted by Crippen LogP contribution is 2.12. The van der Waals surface area contributed by atoms with Crippen molar-refractivity contribution >= 4 is 17.7 Å². The first-order valence-corrected chi connectivity index (χ1v) is 7.02. The average molecular weight is 268 g/mol. The molecule has 19 heavy (non-hydrogen) atoms. The summed E-state index contributed by atoms with van der Waals surface area (Å²) in [6.45, 7) is 6.49. The van der Waals surface area contributed by atoms with Gasteiger partial charge in [-0.05, 0) is 25.7 Å². The van der Waals surface area contributed by atoms with Crippen LogP contribution in [0.15, 0.2) is 0 Å². The highest BCUT2D eigenvalue weighted by molar-refractivity contribution is 6.02. The van der Waals surface area contributed by atoms with Crippen LogP contribution in [0, 0.1) is 5.92 Å². The van der Waals surface area contributed by atoms with Crippen LogP contribution in [0.4, 0.5) is 0 Å². The van der Waals surface area contributed by atoms with Gasteiger partial charge in [-0.1, -0.05) is 13.8 Å². The van der Waals surface area contributed by atoms with E-state index in [9.17, 15) is 14.4 Å². The Morgan fingerprint density at radius 1 is 1.16 bits per heavy atom. The summed E-state index contributed by atoms with van der Waals surface area (Å²) in [7, 11) is 0. The minimum atomic E-state index is -0.161. The number of likely N-dealkylation sites (tertiary alicyclic amines) is 1. The highest BCUT2D eigenvalue weighted by atomic mass is 16.2. The van der Waals surface area contributed by atoms with Crippen LogP contribution in [-0.4, -0.2) is 35.2 Å². The van der Waals surface area contributed by atoms with Crippen molar-refractivity contribution < 1.29 is 14.4 Å². The first-order valence-electron chi connectivity index (χ1n) is 7.02. The predicted octanol–water partition coefficient (Wildman–Crippen LogP) is 1.47. The molecule has 5 nitrogen and oxygen atoms in total. The van der Waals surface area contributed by atoms with Gasteiger partial charge in [-0.25, -0.2) is 0 Å². The summed E-state index contributed by atoms with van der Waals surface area (Å²) in [5.74, 6) is 0.208. The average Bonchev–Trinajstić information content (AvgIpc) is 2.64. The molecule has 0 aromatic carbocycles. The van der Waals surface area contributed by atoms with Gasteiger partial charge in [0.25, 0.3) is 0 Å². The van der Waals surface area contributed by atoms with Gasteiger partial charge in [-0.3, -0.25) is 19.3 Å². The van der Waals surface area contributed by atoms with Crippen molar-refractivity contribution in [2.75, 3.05) is 6.54 Å². The molecule has 3 amide bonds. The van der Waals surface area contributed by atoms with E-state index in [1.807, 2.05) is 6.92 Å². The molecular weight excluding hydrogens is 244 g/mol. The van der Waals surface area contributed by atoms with Crippen molar-refractivity contribution in [3.8, 4) is 0 Å². The molecule has 1 unspecified atom stereocenters. The Kier molecular flexibility index (Phi) is 5.99. The monoisotopic (exact) mass is 268 g/mol. The summed E-state index contributed by atoms with van der Waals surface area (Å²) in [4.78, 5) is 35.6. The fraction of sp³-hybridized carbons (Fsp3) is 0.786. The summed E-state index contributed by atoms with van der Waals surface area (Å²) in [6.07, 6.45) is 2.79. The van der Waals surface area contributed by atoms with Gasteiger partial charge in [0.2, 0.25) is 17.7 Å². The molecule has 0 radical (unpaired) electrons. The van der Waals surface area contributed by atoms with Gasteiger partial charge in [0.15, 0.2) is 0 Å². The maximum Gasteiger partial charge on any atom is 0.229 e. The Morgan fingerprint density at radius 2 is 1.74 bits per heavy atom. The van der Waals surface area contributed by atoms with E-state index in [2.05, 4.69) is 19.2 Å². The minimum absolute atomic E-state index is 0.0937. The zero-order valence-corrected chi connectivity index (χ0v) is 12.1. The van der Waals surface area contributed by atoms with Crippen LogP contribution < -0.4 is 5.32 Å². The molecular formula is C14H24N2O3. The van der Waals surface area contributed by atoms with Crippen molar-refractivity contribution in [3.05, 3.63) is 0 Å². The number of carbonyl (C=O) groups excluding carboxylic acids is 3. The van der Waals surface area contributed by atoms with Crippen LogP contribution in [0.25, 0.3) is 0 Å². The van der Waals surface area contributed by atoms with Gasteiger partial charge in [0.1, 0.15) is 0 Å². The maximum atomic E-state index is 11.7. The van der Waals surface area contributed by atoms with E-state index in [0.717, 1.165) is 12.8 Å². The summed E-state index contributed by atoms with van der Waals surface area (Å²) in [5.41, 5.74) is 0. The third-order valence-electron chi connectivity index (χ3n) is 3.30. The molecule has 0 aromatic rings. The molecule has 1 rings (SSSR count). The van der Waals surface area contributed by atoms with Crippen molar-refractivity contribution in [1.29, 1.82) is 0 Å². The molecule has 0 aliphatic carbocycles. The van der Waals surface area contributed by atoms with Crippen molar-refractivity contribution in [3.63, 3.8) is 0 Å². The lowest BCUT2D eigenvalue weighted by atomic mass is 10.0. The van der Waals surface area contributed by atoms with E-state index >= 15 is 0 Å². The highest BCUT2D eigenvalue weighted by Gasteiger charge is 2.28. The molecule has 1 fully saturated rings. The third kappa shape index (κ3) is 5.41. The molecule has 0 saturated carbocycles. The standard InChI is InChI=1S/C14H24N2O3/c1-10(2)4-5-11(3)15-12(17)8-9-16-13(18)6-7-14(16)19/h10-11H,4-9H2,1-3H3,(H,15,17). The van der Waals surface area contributed by atoms with E-state index in [-0.39, 0.29) is 49.6 Å². The number of carbonyl (C=O) groups is 3. The first kappa shape index (κ1) is 15.7. The van der Waals surface area contributed by atoms with Crippen LogP contribution in [0.3, 0.4) is 0 Å². The normalized spacial score (nSPS) is 17.2. The van der Waals surface area contributed by atoms with Crippen molar-refractivity contribution in [2.45, 2.75) is 58.9 Å². The largest absolute Gasteiger partial charge is 0.354 e. The lowest BCUT2D eigenvalue weighted by Gasteiger charge is -2.17. The maximum absolute atomic E-state index is 11.7. The molecule has 1 aliphatic heterocycles. The lowest BCUT2D eigenvalue weighted by Crippen LogP contribution is -2.37. The van der Waals surface area contributed by atoms with Crippen LogP contribution in [0.2, 0.25) is 0 Å². The van der Waals surface area contributed by atoms with Gasteiger partial charge < -0.3 is 5.32 Å². The molecule has 108 valence electrons. The fourth-order valence-corrected chi connectivity index (χ4v) is 2.09. The predicted molar refractivity (Wildman–Crippen MR) is 72.2 cm³/mol. The number of hydrogen-bond donors (Lipinski definition) is 1. The molecule has 1 aliphatic rings. The first-order chi connectivity index (χ1) is 8.90. The summed E-state index contributed by atoms with van der Waals surface area (Å²) < 4.78 is 0. The zero-order valence-electron chi connectivity index (χ0n) is 12.1. The number of imide groups is 1. The third-order valence-corrected chi connectivity index (χ3v) is 3.30. The molecule has 1 atom stereocenters. The number of nitrogens with zero attached hydrogens (tertiary/aromatic N) is 1. The molecule has 5 heteroatoms. The Balaban J connectivity index is 2.24. The molecule has 1 saturated heterocycles. The van der Waals surface area contributed by atoms with Crippen molar-refractivity contribution in [2.24, 2.45) is 5.92 Å². The Hall–Kier alpha value is -1.39. The van der Waals surface area contributed by atoms with Crippen molar-refractivity contribution in [1.82, 2.24) is 10.2 Å². The molecule has 0 bridgehead atoms. The second-order valence-corrected chi connectivity index (χ2v) is 5.63. The van der Waals surface area contributed by atoms with E-state index in [4.69, 9.17) is 0 Å². The quantitative estimate of drug-likeness (QED) is 0.711. The summed E-state index contributed by atoms with van der Waals surface area (Å²) >= 11 is 0. The van der Waals surface area contributed by atoms with Gasteiger partial charge in [0.05, 0.1) is 0 Å². The number of nitrogens with one attached hydrogen (secondary N) is 1. The van der Waals surface area contributed by atoms with E-state index in [0.29, 0.717) is 5.92 Å². The Bertz CT molecular complexity index is 337.